The van der Waals surface area contributed by atoms with Crippen LogP contribution in [0.3, 0.4) is 0 Å². The van der Waals surface area contributed by atoms with Crippen molar-refractivity contribution in [2.75, 3.05) is 46.1 Å². The van der Waals surface area contributed by atoms with E-state index in [0.29, 0.717) is 41.5 Å². The van der Waals surface area contributed by atoms with Crippen LogP contribution in [0.2, 0.25) is 10.0 Å². The number of ether oxygens (including phenoxy) is 2. The number of nitrogens with zero attached hydrogens (tertiary/aromatic N) is 3. The van der Waals surface area contributed by atoms with Gasteiger partial charge in [0.2, 0.25) is 12.7 Å². The molecule has 0 spiro atoms. The van der Waals surface area contributed by atoms with Crippen LogP contribution in [0.5, 0.6) is 11.5 Å². The summed E-state index contributed by atoms with van der Waals surface area (Å²) in [6.07, 6.45) is 1.35. The van der Waals surface area contributed by atoms with Crippen LogP contribution in [-0.4, -0.2) is 72.6 Å². The number of piperazine rings is 1. The second-order valence-electron chi connectivity index (χ2n) is 8.98. The third-order valence-corrected chi connectivity index (χ3v) is 7.37. The maximum Gasteiger partial charge on any atom is 0.255 e. The zero-order valence-corrected chi connectivity index (χ0v) is 20.4. The number of hydrogen-bond acceptors (Lipinski definition) is 5. The number of amides is 2. The van der Waals surface area contributed by atoms with Gasteiger partial charge in [-0.05, 0) is 48.7 Å². The van der Waals surface area contributed by atoms with E-state index in [-0.39, 0.29) is 24.5 Å². The molecule has 0 atom stereocenters. The Bertz CT molecular complexity index is 1080. The van der Waals surface area contributed by atoms with Gasteiger partial charge in [0.1, 0.15) is 0 Å². The summed E-state index contributed by atoms with van der Waals surface area (Å²) >= 11 is 12.1. The van der Waals surface area contributed by atoms with Crippen LogP contribution in [0.4, 0.5) is 0 Å². The topological polar surface area (TPSA) is 62.3 Å². The zero-order valence-electron chi connectivity index (χ0n) is 18.8. The molecule has 180 valence electrons. The summed E-state index contributed by atoms with van der Waals surface area (Å²) in [6, 6.07) is 11.0. The molecular weight excluding hydrogens is 477 g/mol. The maximum atomic E-state index is 13.1. The van der Waals surface area contributed by atoms with Crippen LogP contribution in [0.25, 0.3) is 0 Å². The maximum absolute atomic E-state index is 13.1. The fourth-order valence-corrected chi connectivity index (χ4v) is 5.33. The molecule has 2 aromatic carbocycles. The molecule has 2 amide bonds. The van der Waals surface area contributed by atoms with Crippen LogP contribution in [-0.2, 0) is 11.3 Å². The van der Waals surface area contributed by atoms with Crippen molar-refractivity contribution in [1.82, 2.24) is 14.7 Å². The Labute approximate surface area is 209 Å². The van der Waals surface area contributed by atoms with E-state index in [4.69, 9.17) is 32.7 Å². The number of piperidine rings is 1. The van der Waals surface area contributed by atoms with E-state index in [1.54, 1.807) is 23.1 Å². The number of halogens is 2. The van der Waals surface area contributed by atoms with E-state index in [1.807, 2.05) is 17.0 Å². The fourth-order valence-electron chi connectivity index (χ4n) is 4.84. The highest BCUT2D eigenvalue weighted by molar-refractivity contribution is 6.36. The Balaban J connectivity index is 1.09. The van der Waals surface area contributed by atoms with Crippen molar-refractivity contribution in [1.29, 1.82) is 0 Å². The lowest BCUT2D eigenvalue weighted by molar-refractivity contribution is -0.138. The standard InChI is InChI=1S/C25H27Cl2N3O4/c26-19-2-3-20(21(27)14-19)25(32)29-7-5-18(6-8-29)24(31)30-11-9-28(10-12-30)15-17-1-4-22-23(13-17)34-16-33-22/h1-4,13-14,18H,5-12,15-16H2. The van der Waals surface area contributed by atoms with Crippen LogP contribution < -0.4 is 9.47 Å². The summed E-state index contributed by atoms with van der Waals surface area (Å²) in [5.41, 5.74) is 1.64. The number of rotatable bonds is 4. The predicted octanol–water partition coefficient (Wildman–Crippen LogP) is 3.92. The van der Waals surface area contributed by atoms with E-state index >= 15 is 0 Å². The Hall–Kier alpha value is -2.48. The number of hydrogen-bond donors (Lipinski definition) is 0. The van der Waals surface area contributed by atoms with Gasteiger partial charge >= 0.3 is 0 Å². The van der Waals surface area contributed by atoms with Gasteiger partial charge < -0.3 is 19.3 Å². The minimum atomic E-state index is -0.107. The average molecular weight is 504 g/mol. The largest absolute Gasteiger partial charge is 0.454 e. The second kappa shape index (κ2) is 10.0. The van der Waals surface area contributed by atoms with E-state index < -0.39 is 0 Å². The molecule has 0 aliphatic carbocycles. The molecule has 3 aliphatic heterocycles. The fraction of sp³-hybridized carbons (Fsp3) is 0.440. The molecule has 2 fully saturated rings. The first kappa shape index (κ1) is 23.3. The van der Waals surface area contributed by atoms with Gasteiger partial charge in [0.15, 0.2) is 11.5 Å². The Kier molecular flexibility index (Phi) is 6.86. The normalized spacial score (nSPS) is 18.9. The van der Waals surface area contributed by atoms with Crippen molar-refractivity contribution in [2.24, 2.45) is 5.92 Å². The van der Waals surface area contributed by atoms with Gasteiger partial charge in [-0.1, -0.05) is 29.3 Å². The number of carbonyl (C=O) groups excluding carboxylic acids is 2. The van der Waals surface area contributed by atoms with Crippen molar-refractivity contribution >= 4 is 35.0 Å². The second-order valence-corrected chi connectivity index (χ2v) is 9.82. The quantitative estimate of drug-likeness (QED) is 0.632. The first-order valence-electron chi connectivity index (χ1n) is 11.6. The third kappa shape index (κ3) is 4.97. The molecule has 2 saturated heterocycles. The summed E-state index contributed by atoms with van der Waals surface area (Å²) in [6.45, 7) is 5.34. The van der Waals surface area contributed by atoms with Gasteiger partial charge in [-0.2, -0.15) is 0 Å². The summed E-state index contributed by atoms with van der Waals surface area (Å²) in [5.74, 6) is 1.66. The van der Waals surface area contributed by atoms with Gasteiger partial charge in [0.05, 0.1) is 10.6 Å². The first-order valence-corrected chi connectivity index (χ1v) is 12.4. The molecule has 0 aromatic heterocycles. The Morgan fingerprint density at radius 2 is 1.59 bits per heavy atom. The molecule has 2 aromatic rings. The number of likely N-dealkylation sites (tertiary alicyclic amines) is 1. The summed E-state index contributed by atoms with van der Waals surface area (Å²) in [5, 5.41) is 0.858. The van der Waals surface area contributed by atoms with Crippen LogP contribution in [0, 0.1) is 5.92 Å². The minimum Gasteiger partial charge on any atom is -0.454 e. The third-order valence-electron chi connectivity index (χ3n) is 6.82. The number of benzene rings is 2. The molecule has 3 aliphatic rings. The highest BCUT2D eigenvalue weighted by atomic mass is 35.5. The number of fused-ring (bicyclic) bond motifs is 1. The van der Waals surface area contributed by atoms with E-state index in [9.17, 15) is 9.59 Å². The van der Waals surface area contributed by atoms with Gasteiger partial charge in [0, 0.05) is 56.8 Å². The van der Waals surface area contributed by atoms with Crippen molar-refractivity contribution in [3.05, 3.63) is 57.6 Å². The van der Waals surface area contributed by atoms with Crippen molar-refractivity contribution in [3.8, 4) is 11.5 Å². The van der Waals surface area contributed by atoms with Gasteiger partial charge in [-0.25, -0.2) is 0 Å². The average Bonchev–Trinajstić information content (AvgIpc) is 3.32. The molecule has 3 heterocycles. The molecule has 34 heavy (non-hydrogen) atoms. The van der Waals surface area contributed by atoms with Gasteiger partial charge in [-0.15, -0.1) is 0 Å². The Morgan fingerprint density at radius 3 is 2.32 bits per heavy atom. The van der Waals surface area contributed by atoms with Gasteiger partial charge in [-0.3, -0.25) is 14.5 Å². The molecule has 0 saturated carbocycles. The summed E-state index contributed by atoms with van der Waals surface area (Å²) < 4.78 is 10.9. The van der Waals surface area contributed by atoms with E-state index in [0.717, 1.165) is 44.2 Å². The van der Waals surface area contributed by atoms with Crippen LogP contribution in [0.1, 0.15) is 28.8 Å². The minimum absolute atomic E-state index is 0.0369. The smallest absolute Gasteiger partial charge is 0.255 e. The highest BCUT2D eigenvalue weighted by Crippen LogP contribution is 2.33. The molecule has 0 N–H and O–H groups in total. The van der Waals surface area contributed by atoms with Gasteiger partial charge in [0.25, 0.3) is 5.91 Å². The zero-order chi connectivity index (χ0) is 23.7. The molecule has 7 nitrogen and oxygen atoms in total. The lowest BCUT2D eigenvalue weighted by Crippen LogP contribution is -2.51. The van der Waals surface area contributed by atoms with E-state index in [2.05, 4.69) is 11.0 Å². The summed E-state index contributed by atoms with van der Waals surface area (Å²) in [4.78, 5) is 32.1. The predicted molar refractivity (Wildman–Crippen MR) is 130 cm³/mol. The molecular formula is C25H27Cl2N3O4. The van der Waals surface area contributed by atoms with Crippen LogP contribution >= 0.6 is 23.2 Å². The lowest BCUT2D eigenvalue weighted by Gasteiger charge is -2.38. The Morgan fingerprint density at radius 1 is 0.853 bits per heavy atom. The molecule has 5 rings (SSSR count). The molecule has 0 bridgehead atoms. The SMILES string of the molecule is O=C(c1ccc(Cl)cc1Cl)N1CCC(C(=O)N2CCN(Cc3ccc4c(c3)OCO4)CC2)CC1. The van der Waals surface area contributed by atoms with Crippen LogP contribution in [0.15, 0.2) is 36.4 Å². The first-order chi connectivity index (χ1) is 16.5. The van der Waals surface area contributed by atoms with Crippen molar-refractivity contribution in [3.63, 3.8) is 0 Å². The molecule has 0 radical (unpaired) electrons. The van der Waals surface area contributed by atoms with E-state index in [1.165, 1.54) is 5.56 Å². The molecule has 0 unspecified atom stereocenters. The highest BCUT2D eigenvalue weighted by Gasteiger charge is 2.32. The summed E-state index contributed by atoms with van der Waals surface area (Å²) in [7, 11) is 0. The lowest BCUT2D eigenvalue weighted by atomic mass is 9.94. The van der Waals surface area contributed by atoms with Crippen molar-refractivity contribution in [2.45, 2.75) is 19.4 Å². The number of carbonyl (C=O) groups is 2. The monoisotopic (exact) mass is 503 g/mol. The molecule has 9 heteroatoms. The van der Waals surface area contributed by atoms with Crippen molar-refractivity contribution < 1.29 is 19.1 Å².